The summed E-state index contributed by atoms with van der Waals surface area (Å²) in [7, 11) is 1.59. The molecule has 1 unspecified atom stereocenters. The van der Waals surface area contributed by atoms with Crippen molar-refractivity contribution in [1.29, 1.82) is 0 Å². The maximum absolute atomic E-state index is 13.1. The van der Waals surface area contributed by atoms with Crippen LogP contribution in [0.1, 0.15) is 61.2 Å². The van der Waals surface area contributed by atoms with Crippen molar-refractivity contribution in [3.63, 3.8) is 0 Å². The average Bonchev–Trinajstić information content (AvgIpc) is 3.16. The Morgan fingerprint density at radius 2 is 1.91 bits per heavy atom. The van der Waals surface area contributed by atoms with Gasteiger partial charge in [0.25, 0.3) is 5.91 Å². The van der Waals surface area contributed by atoms with Gasteiger partial charge < -0.3 is 15.2 Å². The number of benzene rings is 1. The quantitative estimate of drug-likeness (QED) is 0.655. The molecule has 0 radical (unpaired) electrons. The Kier molecular flexibility index (Phi) is 7.41. The van der Waals surface area contributed by atoms with Crippen LogP contribution in [0.5, 0.6) is 0 Å². The molecule has 1 saturated heterocycles. The Morgan fingerprint density at radius 3 is 2.47 bits per heavy atom. The second kappa shape index (κ2) is 9.88. The number of nitrogens with zero attached hydrogens (tertiary/aromatic N) is 2. The van der Waals surface area contributed by atoms with E-state index in [1.807, 2.05) is 32.9 Å². The number of aliphatic hydroxyl groups excluding tert-OH is 1. The van der Waals surface area contributed by atoms with Gasteiger partial charge in [-0.05, 0) is 63.8 Å². The van der Waals surface area contributed by atoms with Crippen LogP contribution in [0.3, 0.4) is 0 Å². The molecule has 1 aliphatic heterocycles. The summed E-state index contributed by atoms with van der Waals surface area (Å²) in [6.45, 7) is 5.46. The number of amides is 2. The molecule has 0 aliphatic carbocycles. The molecule has 1 fully saturated rings. The smallest absolute Gasteiger partial charge is 0.410 e. The minimum Gasteiger partial charge on any atom is -0.444 e. The molecule has 1 aliphatic rings. The van der Waals surface area contributed by atoms with Crippen molar-refractivity contribution in [2.75, 3.05) is 7.05 Å². The van der Waals surface area contributed by atoms with Gasteiger partial charge in [-0.3, -0.25) is 9.69 Å². The molecule has 0 bridgehead atoms. The van der Waals surface area contributed by atoms with Gasteiger partial charge in [0.2, 0.25) is 0 Å². The lowest BCUT2D eigenvalue weighted by atomic mass is 10.0. The van der Waals surface area contributed by atoms with Gasteiger partial charge >= 0.3 is 6.09 Å². The highest BCUT2D eigenvalue weighted by molar-refractivity contribution is 6.29. The van der Waals surface area contributed by atoms with Crippen LogP contribution in [0.25, 0.3) is 0 Å². The summed E-state index contributed by atoms with van der Waals surface area (Å²) in [6.07, 6.45) is 2.12. The number of carbonyl (C=O) groups is 2. The molecular formula is C24H30ClN3O4. The minimum atomic E-state index is -0.909. The van der Waals surface area contributed by atoms with E-state index in [9.17, 15) is 14.7 Å². The van der Waals surface area contributed by atoms with E-state index in [-0.39, 0.29) is 11.9 Å². The second-order valence-electron chi connectivity index (χ2n) is 9.03. The van der Waals surface area contributed by atoms with E-state index in [4.69, 9.17) is 16.3 Å². The van der Waals surface area contributed by atoms with Gasteiger partial charge in [0.15, 0.2) is 0 Å². The predicted octanol–water partition coefficient (Wildman–Crippen LogP) is 4.14. The number of hydrogen-bond donors (Lipinski definition) is 2. The lowest BCUT2D eigenvalue weighted by Gasteiger charge is -2.34. The highest BCUT2D eigenvalue weighted by Gasteiger charge is 2.43. The summed E-state index contributed by atoms with van der Waals surface area (Å²) >= 11 is 5.88. The third-order valence-electron chi connectivity index (χ3n) is 5.52. The highest BCUT2D eigenvalue weighted by atomic mass is 35.5. The summed E-state index contributed by atoms with van der Waals surface area (Å²) in [5.41, 5.74) is 1.52. The minimum absolute atomic E-state index is 0.143. The van der Waals surface area contributed by atoms with Crippen molar-refractivity contribution in [2.24, 2.45) is 0 Å². The Bertz CT molecular complexity index is 941. The van der Waals surface area contributed by atoms with Crippen molar-refractivity contribution < 1.29 is 19.4 Å². The van der Waals surface area contributed by atoms with Gasteiger partial charge in [-0.2, -0.15) is 0 Å². The Balaban J connectivity index is 1.83. The zero-order chi connectivity index (χ0) is 23.5. The first kappa shape index (κ1) is 24.0. The van der Waals surface area contributed by atoms with E-state index >= 15 is 0 Å². The molecule has 3 atom stereocenters. The standard InChI is InChI=1S/C24H30ClN3O4/c1-24(2,3)32-23(31)28-18(13-15-5-7-16(8-6-15)22(30)26-4)10-11-19(28)21(29)17-9-12-20(25)27-14-17/h5-9,12,14,18-19,21,29H,10-11,13H2,1-4H3,(H,26,30)/t18?,19-,21-/m1/s1. The van der Waals surface area contributed by atoms with Crippen LogP contribution in [0.15, 0.2) is 42.6 Å². The van der Waals surface area contributed by atoms with E-state index in [0.717, 1.165) is 12.0 Å². The fraction of sp³-hybridized carbons (Fsp3) is 0.458. The highest BCUT2D eigenvalue weighted by Crippen LogP contribution is 2.36. The fourth-order valence-corrected chi connectivity index (χ4v) is 4.13. The molecule has 32 heavy (non-hydrogen) atoms. The van der Waals surface area contributed by atoms with Crippen LogP contribution < -0.4 is 5.32 Å². The molecule has 3 rings (SSSR count). The first-order valence-corrected chi connectivity index (χ1v) is 11.1. The lowest BCUT2D eigenvalue weighted by Crippen LogP contribution is -2.47. The SMILES string of the molecule is CNC(=O)c1ccc(CC2CC[C@H]([C@H](O)c3ccc(Cl)nc3)N2C(=O)OC(C)(C)C)cc1. The van der Waals surface area contributed by atoms with Crippen molar-refractivity contribution >= 4 is 23.6 Å². The fourth-order valence-electron chi connectivity index (χ4n) is 4.01. The molecule has 2 N–H and O–H groups in total. The monoisotopic (exact) mass is 459 g/mol. The van der Waals surface area contributed by atoms with Gasteiger partial charge in [0.1, 0.15) is 16.9 Å². The van der Waals surface area contributed by atoms with Gasteiger partial charge in [0.05, 0.1) is 6.04 Å². The van der Waals surface area contributed by atoms with Crippen LogP contribution in [0.4, 0.5) is 4.79 Å². The predicted molar refractivity (Wildman–Crippen MR) is 123 cm³/mol. The number of hydrogen-bond acceptors (Lipinski definition) is 5. The van der Waals surface area contributed by atoms with Crippen molar-refractivity contribution in [3.8, 4) is 0 Å². The summed E-state index contributed by atoms with van der Waals surface area (Å²) < 4.78 is 5.68. The molecule has 8 heteroatoms. The largest absolute Gasteiger partial charge is 0.444 e. The molecule has 2 aromatic rings. The Labute approximate surface area is 193 Å². The number of aromatic nitrogens is 1. The van der Waals surface area contributed by atoms with Gasteiger partial charge in [-0.15, -0.1) is 0 Å². The van der Waals surface area contributed by atoms with Crippen molar-refractivity contribution in [2.45, 2.75) is 63.8 Å². The van der Waals surface area contributed by atoms with E-state index in [1.165, 1.54) is 6.20 Å². The second-order valence-corrected chi connectivity index (χ2v) is 9.41. The zero-order valence-electron chi connectivity index (χ0n) is 18.8. The molecule has 7 nitrogen and oxygen atoms in total. The third kappa shape index (κ3) is 5.78. The number of rotatable bonds is 5. The third-order valence-corrected chi connectivity index (χ3v) is 5.75. The van der Waals surface area contributed by atoms with Crippen LogP contribution >= 0.6 is 11.6 Å². The van der Waals surface area contributed by atoms with E-state index < -0.39 is 23.8 Å². The first-order chi connectivity index (χ1) is 15.1. The summed E-state index contributed by atoms with van der Waals surface area (Å²) in [4.78, 5) is 30.7. The Hall–Kier alpha value is -2.64. The Morgan fingerprint density at radius 1 is 1.22 bits per heavy atom. The number of halogens is 1. The van der Waals surface area contributed by atoms with Crippen molar-refractivity contribution in [1.82, 2.24) is 15.2 Å². The van der Waals surface area contributed by atoms with E-state index in [2.05, 4.69) is 10.3 Å². The molecule has 2 heterocycles. The van der Waals surface area contributed by atoms with E-state index in [0.29, 0.717) is 29.1 Å². The number of carbonyl (C=O) groups excluding carboxylic acids is 2. The van der Waals surface area contributed by atoms with E-state index in [1.54, 1.807) is 36.2 Å². The van der Waals surface area contributed by atoms with Crippen LogP contribution in [0, 0.1) is 0 Å². The molecule has 0 spiro atoms. The number of likely N-dealkylation sites (tertiary alicyclic amines) is 1. The average molecular weight is 460 g/mol. The first-order valence-electron chi connectivity index (χ1n) is 10.7. The molecular weight excluding hydrogens is 430 g/mol. The molecule has 0 saturated carbocycles. The number of ether oxygens (including phenoxy) is 1. The zero-order valence-corrected chi connectivity index (χ0v) is 19.6. The van der Waals surface area contributed by atoms with Crippen molar-refractivity contribution in [3.05, 3.63) is 64.4 Å². The number of pyridine rings is 1. The normalized spacial score (nSPS) is 19.5. The van der Waals surface area contributed by atoms with Gasteiger partial charge in [-0.25, -0.2) is 9.78 Å². The van der Waals surface area contributed by atoms with Crippen LogP contribution in [-0.4, -0.2) is 51.7 Å². The topological polar surface area (TPSA) is 91.8 Å². The van der Waals surface area contributed by atoms with Gasteiger partial charge in [0, 0.05) is 30.4 Å². The molecule has 2 amide bonds. The molecule has 1 aromatic heterocycles. The maximum atomic E-state index is 13.1. The van der Waals surface area contributed by atoms with Crippen LogP contribution in [0.2, 0.25) is 5.15 Å². The summed E-state index contributed by atoms with van der Waals surface area (Å²) in [5, 5.41) is 14.0. The number of aliphatic hydroxyl groups is 1. The number of nitrogens with one attached hydrogen (secondary N) is 1. The maximum Gasteiger partial charge on any atom is 0.410 e. The summed E-state index contributed by atoms with van der Waals surface area (Å²) in [5.74, 6) is -0.146. The molecule has 172 valence electrons. The molecule has 1 aromatic carbocycles. The lowest BCUT2D eigenvalue weighted by molar-refractivity contribution is -0.00458. The van der Waals surface area contributed by atoms with Gasteiger partial charge in [-0.1, -0.05) is 29.8 Å². The van der Waals surface area contributed by atoms with Crippen LogP contribution in [-0.2, 0) is 11.2 Å². The summed E-state index contributed by atoms with van der Waals surface area (Å²) in [6, 6.07) is 10.1.